The summed E-state index contributed by atoms with van der Waals surface area (Å²) in [6.45, 7) is 4.77. The molecule has 2 heterocycles. The van der Waals surface area contributed by atoms with Gasteiger partial charge >= 0.3 is 6.03 Å². The van der Waals surface area contributed by atoms with E-state index in [4.69, 9.17) is 11.6 Å². The zero-order chi connectivity index (χ0) is 17.8. The van der Waals surface area contributed by atoms with E-state index in [1.165, 1.54) is 29.7 Å². The van der Waals surface area contributed by atoms with E-state index in [-0.39, 0.29) is 6.03 Å². The number of piperidine rings is 1. The minimum absolute atomic E-state index is 0.130. The lowest BCUT2D eigenvalue weighted by molar-refractivity contribution is 0.221. The molecule has 1 fully saturated rings. The molecule has 1 N–H and O–H groups in total. The highest BCUT2D eigenvalue weighted by Gasteiger charge is 2.16. The molecule has 1 aromatic heterocycles. The number of nitrogens with one attached hydrogen (secondary N) is 1. The molecule has 1 aliphatic heterocycles. The first-order chi connectivity index (χ1) is 12.0. The molecule has 1 aliphatic rings. The molecule has 2 amide bonds. The number of urea groups is 1. The van der Waals surface area contributed by atoms with Crippen molar-refractivity contribution in [2.45, 2.75) is 32.7 Å². The van der Waals surface area contributed by atoms with E-state index in [2.05, 4.69) is 28.6 Å². The Labute approximate surface area is 158 Å². The lowest BCUT2D eigenvalue weighted by Gasteiger charge is -2.29. The highest BCUT2D eigenvalue weighted by Crippen LogP contribution is 2.31. The Morgan fingerprint density at radius 2 is 2.04 bits per heavy atom. The summed E-state index contributed by atoms with van der Waals surface area (Å²) in [4.78, 5) is 17.6. The summed E-state index contributed by atoms with van der Waals surface area (Å²) in [5, 5.41) is 5.68. The van der Waals surface area contributed by atoms with Gasteiger partial charge in [0, 0.05) is 30.7 Å². The molecular formula is C19H24ClN3OS. The van der Waals surface area contributed by atoms with Gasteiger partial charge in [0.15, 0.2) is 0 Å². The molecular weight excluding hydrogens is 354 g/mol. The van der Waals surface area contributed by atoms with Gasteiger partial charge in [-0.1, -0.05) is 11.6 Å². The predicted octanol–water partition coefficient (Wildman–Crippen LogP) is 5.36. The van der Waals surface area contributed by atoms with Crippen LogP contribution in [0.15, 0.2) is 29.6 Å². The average molecular weight is 378 g/mol. The molecule has 134 valence electrons. The van der Waals surface area contributed by atoms with Gasteiger partial charge in [-0.05, 0) is 61.4 Å². The molecule has 3 rings (SSSR count). The number of hydrogen-bond acceptors (Lipinski definition) is 3. The highest BCUT2D eigenvalue weighted by atomic mass is 35.5. The second-order valence-corrected chi connectivity index (χ2v) is 7.93. The van der Waals surface area contributed by atoms with Crippen molar-refractivity contribution in [1.82, 2.24) is 4.90 Å². The molecule has 4 nitrogen and oxygen atoms in total. The maximum Gasteiger partial charge on any atom is 0.321 e. The monoisotopic (exact) mass is 377 g/mol. The lowest BCUT2D eigenvalue weighted by atomic mass is 10.1. The summed E-state index contributed by atoms with van der Waals surface area (Å²) in [7, 11) is 1.80. The first kappa shape index (κ1) is 18.1. The predicted molar refractivity (Wildman–Crippen MR) is 107 cm³/mol. The van der Waals surface area contributed by atoms with Gasteiger partial charge in [0.05, 0.1) is 17.3 Å². The number of thiophene rings is 1. The van der Waals surface area contributed by atoms with Crippen molar-refractivity contribution >= 4 is 40.3 Å². The minimum atomic E-state index is -0.130. The molecule has 1 saturated heterocycles. The number of nitrogens with zero attached hydrogens (tertiary/aromatic N) is 2. The fourth-order valence-corrected chi connectivity index (χ4v) is 4.31. The van der Waals surface area contributed by atoms with Gasteiger partial charge in [-0.2, -0.15) is 0 Å². The van der Waals surface area contributed by atoms with Crippen molar-refractivity contribution in [3.8, 4) is 0 Å². The number of rotatable bonds is 4. The SMILES string of the molecule is Cc1ccsc1CN(C)C(=O)Nc1ccc(N2CCCCC2)c(Cl)c1. The quantitative estimate of drug-likeness (QED) is 0.777. The molecule has 0 bridgehead atoms. The third-order valence-electron chi connectivity index (χ3n) is 4.59. The number of aryl methyl sites for hydroxylation is 1. The van der Waals surface area contributed by atoms with Gasteiger partial charge in [0.25, 0.3) is 0 Å². The van der Waals surface area contributed by atoms with E-state index < -0.39 is 0 Å². The summed E-state index contributed by atoms with van der Waals surface area (Å²) < 4.78 is 0. The van der Waals surface area contributed by atoms with Crippen LogP contribution < -0.4 is 10.2 Å². The van der Waals surface area contributed by atoms with Crippen molar-refractivity contribution in [2.24, 2.45) is 0 Å². The van der Waals surface area contributed by atoms with Crippen LogP contribution >= 0.6 is 22.9 Å². The molecule has 0 radical (unpaired) electrons. The highest BCUT2D eigenvalue weighted by molar-refractivity contribution is 7.10. The van der Waals surface area contributed by atoms with Crippen LogP contribution in [0.5, 0.6) is 0 Å². The second kappa shape index (κ2) is 8.11. The molecule has 0 atom stereocenters. The normalized spacial score (nSPS) is 14.4. The first-order valence-corrected chi connectivity index (χ1v) is 9.90. The molecule has 0 spiro atoms. The third kappa shape index (κ3) is 4.47. The molecule has 0 unspecified atom stereocenters. The zero-order valence-corrected chi connectivity index (χ0v) is 16.3. The van der Waals surface area contributed by atoms with Gasteiger partial charge in [-0.3, -0.25) is 0 Å². The Morgan fingerprint density at radius 1 is 1.28 bits per heavy atom. The van der Waals surface area contributed by atoms with Crippen molar-refractivity contribution in [3.05, 3.63) is 45.1 Å². The topological polar surface area (TPSA) is 35.6 Å². The Hall–Kier alpha value is -1.72. The van der Waals surface area contributed by atoms with Crippen molar-refractivity contribution in [3.63, 3.8) is 0 Å². The fourth-order valence-electron chi connectivity index (χ4n) is 3.05. The summed E-state index contributed by atoms with van der Waals surface area (Å²) >= 11 is 8.13. The Bertz CT molecular complexity index is 740. The van der Waals surface area contributed by atoms with Crippen molar-refractivity contribution in [2.75, 3.05) is 30.4 Å². The number of amides is 2. The van der Waals surface area contributed by atoms with Crippen LogP contribution in [0.1, 0.15) is 29.7 Å². The van der Waals surface area contributed by atoms with E-state index in [0.29, 0.717) is 11.6 Å². The number of benzene rings is 1. The van der Waals surface area contributed by atoms with Gasteiger partial charge in [-0.25, -0.2) is 4.79 Å². The molecule has 2 aromatic rings. The summed E-state index contributed by atoms with van der Waals surface area (Å²) in [6.07, 6.45) is 3.71. The summed E-state index contributed by atoms with van der Waals surface area (Å²) in [5.74, 6) is 0. The average Bonchev–Trinajstić information content (AvgIpc) is 3.00. The number of carbonyl (C=O) groups is 1. The largest absolute Gasteiger partial charge is 0.370 e. The van der Waals surface area contributed by atoms with Crippen LogP contribution in [0.2, 0.25) is 5.02 Å². The summed E-state index contributed by atoms with van der Waals surface area (Å²) in [6, 6.07) is 7.72. The van der Waals surface area contributed by atoms with Gasteiger partial charge in [-0.15, -0.1) is 11.3 Å². The van der Waals surface area contributed by atoms with Crippen molar-refractivity contribution < 1.29 is 4.79 Å². The standard InChI is InChI=1S/C19H24ClN3OS/c1-14-8-11-25-18(14)13-22(2)19(24)21-15-6-7-17(16(20)12-15)23-9-4-3-5-10-23/h6-8,11-12H,3-5,9-10,13H2,1-2H3,(H,21,24). The van der Waals surface area contributed by atoms with Crippen molar-refractivity contribution in [1.29, 1.82) is 0 Å². The molecule has 0 saturated carbocycles. The zero-order valence-electron chi connectivity index (χ0n) is 14.7. The molecule has 1 aromatic carbocycles. The summed E-state index contributed by atoms with van der Waals surface area (Å²) in [5.41, 5.74) is 3.01. The first-order valence-electron chi connectivity index (χ1n) is 8.64. The van der Waals surface area contributed by atoms with Gasteiger partial charge < -0.3 is 15.1 Å². The maximum atomic E-state index is 12.4. The number of carbonyl (C=O) groups excluding carboxylic acids is 1. The van der Waals surface area contributed by atoms with Crippen LogP contribution in [0.25, 0.3) is 0 Å². The van der Waals surface area contributed by atoms with Gasteiger partial charge in [0.1, 0.15) is 0 Å². The Kier molecular flexibility index (Phi) is 5.86. The van der Waals surface area contributed by atoms with Crippen LogP contribution in [0.4, 0.5) is 16.2 Å². The van der Waals surface area contributed by atoms with Crippen LogP contribution in [-0.4, -0.2) is 31.1 Å². The van der Waals surface area contributed by atoms with Crippen LogP contribution in [0.3, 0.4) is 0 Å². The lowest BCUT2D eigenvalue weighted by Crippen LogP contribution is -2.31. The third-order valence-corrected chi connectivity index (χ3v) is 5.90. The smallest absolute Gasteiger partial charge is 0.321 e. The minimum Gasteiger partial charge on any atom is -0.370 e. The van der Waals surface area contributed by atoms with E-state index in [1.54, 1.807) is 23.3 Å². The maximum absolute atomic E-state index is 12.4. The van der Waals surface area contributed by atoms with E-state index in [0.717, 1.165) is 24.5 Å². The number of anilines is 2. The fraction of sp³-hybridized carbons (Fsp3) is 0.421. The Balaban J connectivity index is 1.63. The van der Waals surface area contributed by atoms with E-state index in [9.17, 15) is 4.79 Å². The molecule has 6 heteroatoms. The molecule has 0 aliphatic carbocycles. The van der Waals surface area contributed by atoms with E-state index >= 15 is 0 Å². The number of halogens is 1. The van der Waals surface area contributed by atoms with E-state index in [1.807, 2.05) is 18.2 Å². The second-order valence-electron chi connectivity index (χ2n) is 6.53. The van der Waals surface area contributed by atoms with Crippen LogP contribution in [-0.2, 0) is 6.54 Å². The Morgan fingerprint density at radius 3 is 2.68 bits per heavy atom. The molecule has 25 heavy (non-hydrogen) atoms. The number of hydrogen-bond donors (Lipinski definition) is 1. The van der Waals surface area contributed by atoms with Crippen LogP contribution in [0, 0.1) is 6.92 Å². The van der Waals surface area contributed by atoms with Gasteiger partial charge in [0.2, 0.25) is 0 Å².